The first-order valence-electron chi connectivity index (χ1n) is 8.05. The third-order valence-corrected chi connectivity index (χ3v) is 3.65. The summed E-state index contributed by atoms with van der Waals surface area (Å²) < 4.78 is 0. The Kier molecular flexibility index (Phi) is 5.91. The first-order valence-corrected chi connectivity index (χ1v) is 8.05. The van der Waals surface area contributed by atoms with Gasteiger partial charge in [-0.3, -0.25) is 9.78 Å². The summed E-state index contributed by atoms with van der Waals surface area (Å²) >= 11 is 0. The first kappa shape index (κ1) is 18.2. The van der Waals surface area contributed by atoms with Gasteiger partial charge in [0.1, 0.15) is 11.6 Å². The number of hydrogen-bond donors (Lipinski definition) is 2. The molecule has 2 rings (SSSR count). The Labute approximate surface area is 148 Å². The van der Waals surface area contributed by atoms with Crippen molar-refractivity contribution >= 4 is 11.6 Å². The van der Waals surface area contributed by atoms with E-state index in [0.717, 1.165) is 16.8 Å². The smallest absolute Gasteiger partial charge is 0.263 e. The van der Waals surface area contributed by atoms with Crippen LogP contribution in [0.5, 0.6) is 0 Å². The van der Waals surface area contributed by atoms with E-state index in [1.807, 2.05) is 36.4 Å². The van der Waals surface area contributed by atoms with Crippen molar-refractivity contribution in [1.29, 1.82) is 5.26 Å². The summed E-state index contributed by atoms with van der Waals surface area (Å²) in [6, 6.07) is 13.5. The van der Waals surface area contributed by atoms with Crippen LogP contribution in [0.4, 0.5) is 5.69 Å². The van der Waals surface area contributed by atoms with E-state index in [0.29, 0.717) is 6.54 Å². The molecule has 0 aliphatic rings. The Morgan fingerprint density at radius 2 is 2.00 bits per heavy atom. The second-order valence-corrected chi connectivity index (χ2v) is 6.65. The highest BCUT2D eigenvalue weighted by atomic mass is 16.1. The van der Waals surface area contributed by atoms with E-state index in [1.165, 1.54) is 6.20 Å². The highest BCUT2D eigenvalue weighted by Crippen LogP contribution is 2.29. The van der Waals surface area contributed by atoms with Gasteiger partial charge in [0.2, 0.25) is 0 Å². The predicted octanol–water partition coefficient (Wildman–Crippen LogP) is 3.51. The normalized spacial score (nSPS) is 11.5. The lowest BCUT2D eigenvalue weighted by atomic mass is 9.86. The first-order chi connectivity index (χ1) is 11.9. The number of anilines is 1. The van der Waals surface area contributed by atoms with E-state index in [1.54, 1.807) is 18.5 Å². The highest BCUT2D eigenvalue weighted by molar-refractivity contribution is 5.97. The number of rotatable bonds is 5. The largest absolute Gasteiger partial charge is 0.360 e. The summed E-state index contributed by atoms with van der Waals surface area (Å²) in [6.45, 7) is 6.67. The van der Waals surface area contributed by atoms with Gasteiger partial charge >= 0.3 is 0 Å². The Bertz CT molecular complexity index is 798. The summed E-state index contributed by atoms with van der Waals surface area (Å²) in [5.74, 6) is -0.424. The van der Waals surface area contributed by atoms with Gasteiger partial charge in [-0.15, -0.1) is 0 Å². The molecule has 2 N–H and O–H groups in total. The van der Waals surface area contributed by atoms with Crippen LogP contribution in [0, 0.1) is 11.3 Å². The van der Waals surface area contributed by atoms with Crippen molar-refractivity contribution in [2.75, 3.05) is 5.32 Å². The van der Waals surface area contributed by atoms with Crippen molar-refractivity contribution in [1.82, 2.24) is 10.3 Å². The van der Waals surface area contributed by atoms with E-state index in [9.17, 15) is 10.1 Å². The lowest BCUT2D eigenvalue weighted by molar-refractivity contribution is -0.117. The third-order valence-electron chi connectivity index (χ3n) is 3.65. The van der Waals surface area contributed by atoms with E-state index < -0.39 is 5.91 Å². The molecule has 0 unspecified atom stereocenters. The number of hydrogen-bond acceptors (Lipinski definition) is 4. The highest BCUT2D eigenvalue weighted by Gasteiger charge is 2.17. The van der Waals surface area contributed by atoms with Crippen molar-refractivity contribution in [3.63, 3.8) is 0 Å². The molecular weight excluding hydrogens is 312 g/mol. The maximum Gasteiger partial charge on any atom is 0.263 e. The van der Waals surface area contributed by atoms with Crippen molar-refractivity contribution in [3.8, 4) is 6.07 Å². The van der Waals surface area contributed by atoms with Gasteiger partial charge in [-0.2, -0.15) is 5.26 Å². The molecule has 0 aliphatic carbocycles. The zero-order valence-electron chi connectivity index (χ0n) is 14.7. The summed E-state index contributed by atoms with van der Waals surface area (Å²) in [5.41, 5.74) is 2.83. The molecule has 0 aliphatic heterocycles. The zero-order chi connectivity index (χ0) is 18.3. The molecule has 0 fully saturated rings. The number of nitrogens with one attached hydrogen (secondary N) is 2. The van der Waals surface area contributed by atoms with Gasteiger partial charge in [0.15, 0.2) is 0 Å². The van der Waals surface area contributed by atoms with Crippen LogP contribution in [-0.2, 0) is 16.8 Å². The number of carbonyl (C=O) groups excluding carboxylic acids is 1. The molecule has 1 aromatic heterocycles. The fraction of sp³-hybridized carbons (Fsp3) is 0.250. The van der Waals surface area contributed by atoms with Crippen LogP contribution in [0.1, 0.15) is 31.9 Å². The fourth-order valence-electron chi connectivity index (χ4n) is 2.34. The average Bonchev–Trinajstić information content (AvgIpc) is 2.61. The zero-order valence-corrected chi connectivity index (χ0v) is 14.7. The van der Waals surface area contributed by atoms with Crippen molar-refractivity contribution in [2.45, 2.75) is 32.7 Å². The number of nitriles is 1. The Balaban J connectivity index is 2.08. The standard InChI is InChI=1S/C20H22N4O/c1-20(2,3)17-8-4-5-9-18(17)23-14-16(11-21)19(25)24-13-15-7-6-10-22-12-15/h4-10,12,14,23H,13H2,1-3H3,(H,24,25)/b16-14-. The van der Waals surface area contributed by atoms with Gasteiger partial charge in [0, 0.05) is 30.8 Å². The van der Waals surface area contributed by atoms with Gasteiger partial charge in [-0.1, -0.05) is 45.0 Å². The lowest BCUT2D eigenvalue weighted by Gasteiger charge is -2.22. The van der Waals surface area contributed by atoms with Gasteiger partial charge in [-0.25, -0.2) is 0 Å². The minimum atomic E-state index is -0.424. The van der Waals surface area contributed by atoms with Crippen molar-refractivity contribution in [2.24, 2.45) is 0 Å². The monoisotopic (exact) mass is 334 g/mol. The molecule has 2 aromatic rings. The molecule has 128 valence electrons. The van der Waals surface area contributed by atoms with Crippen LogP contribution in [-0.4, -0.2) is 10.9 Å². The van der Waals surface area contributed by atoms with Crippen LogP contribution >= 0.6 is 0 Å². The summed E-state index contributed by atoms with van der Waals surface area (Å²) in [5, 5.41) is 15.1. The van der Waals surface area contributed by atoms with Crippen molar-refractivity contribution in [3.05, 3.63) is 71.7 Å². The van der Waals surface area contributed by atoms with Crippen LogP contribution in [0.2, 0.25) is 0 Å². The van der Waals surface area contributed by atoms with E-state index in [-0.39, 0.29) is 11.0 Å². The molecule has 0 spiro atoms. The number of pyridine rings is 1. The molecule has 1 heterocycles. The molecule has 1 aromatic carbocycles. The lowest BCUT2D eigenvalue weighted by Crippen LogP contribution is -2.24. The van der Waals surface area contributed by atoms with Crippen LogP contribution < -0.4 is 10.6 Å². The van der Waals surface area contributed by atoms with Gasteiger partial charge in [0.05, 0.1) is 0 Å². The molecule has 0 bridgehead atoms. The molecular formula is C20H22N4O. The minimum absolute atomic E-state index is 0.0209. The quantitative estimate of drug-likeness (QED) is 0.648. The van der Waals surface area contributed by atoms with Gasteiger partial charge < -0.3 is 10.6 Å². The molecule has 5 heteroatoms. The van der Waals surface area contributed by atoms with E-state index in [2.05, 4.69) is 36.4 Å². The van der Waals surface area contributed by atoms with Crippen LogP contribution in [0.25, 0.3) is 0 Å². The third kappa shape index (κ3) is 5.18. The van der Waals surface area contributed by atoms with Crippen LogP contribution in [0.3, 0.4) is 0 Å². The maximum atomic E-state index is 12.2. The summed E-state index contributed by atoms with van der Waals surface area (Å²) in [4.78, 5) is 16.2. The Hall–Kier alpha value is -3.13. The molecule has 5 nitrogen and oxygen atoms in total. The number of nitrogens with zero attached hydrogens (tertiary/aromatic N) is 2. The number of benzene rings is 1. The minimum Gasteiger partial charge on any atom is -0.360 e. The molecule has 1 amide bonds. The average molecular weight is 334 g/mol. The SMILES string of the molecule is CC(C)(C)c1ccccc1N/C=C(/C#N)C(=O)NCc1cccnc1. The van der Waals surface area contributed by atoms with Crippen LogP contribution in [0.15, 0.2) is 60.6 Å². The number of aromatic nitrogens is 1. The Morgan fingerprint density at radius 1 is 1.24 bits per heavy atom. The molecule has 0 saturated carbocycles. The molecule has 0 saturated heterocycles. The molecule has 0 atom stereocenters. The predicted molar refractivity (Wildman–Crippen MR) is 98.5 cm³/mol. The van der Waals surface area contributed by atoms with Crippen molar-refractivity contribution < 1.29 is 4.79 Å². The second-order valence-electron chi connectivity index (χ2n) is 6.65. The molecule has 25 heavy (non-hydrogen) atoms. The number of para-hydroxylation sites is 1. The Morgan fingerprint density at radius 3 is 2.64 bits per heavy atom. The van der Waals surface area contributed by atoms with E-state index >= 15 is 0 Å². The van der Waals surface area contributed by atoms with Gasteiger partial charge in [-0.05, 0) is 28.7 Å². The van der Waals surface area contributed by atoms with E-state index in [4.69, 9.17) is 0 Å². The second kappa shape index (κ2) is 8.11. The topological polar surface area (TPSA) is 77.8 Å². The fourth-order valence-corrected chi connectivity index (χ4v) is 2.34. The number of amides is 1. The maximum absolute atomic E-state index is 12.2. The summed E-state index contributed by atoms with van der Waals surface area (Å²) in [6.07, 6.45) is 4.79. The number of carbonyl (C=O) groups is 1. The molecule has 0 radical (unpaired) electrons. The van der Waals surface area contributed by atoms with Gasteiger partial charge in [0.25, 0.3) is 5.91 Å². The summed E-state index contributed by atoms with van der Waals surface area (Å²) in [7, 11) is 0.